The third kappa shape index (κ3) is 2.59. The van der Waals surface area contributed by atoms with E-state index in [-0.39, 0.29) is 29.8 Å². The summed E-state index contributed by atoms with van der Waals surface area (Å²) >= 11 is 0. The number of carbonyl (C=O) groups excluding carboxylic acids is 3. The molecule has 0 saturated carbocycles. The second-order valence-electron chi connectivity index (χ2n) is 4.72. The molecule has 0 bridgehead atoms. The molecular formula is C14H16O6. The number of hydrogen-bond acceptors (Lipinski definition) is 6. The van der Waals surface area contributed by atoms with Crippen LogP contribution >= 0.6 is 0 Å². The molecule has 0 aromatic heterocycles. The lowest BCUT2D eigenvalue weighted by Crippen LogP contribution is -2.47. The quantitative estimate of drug-likeness (QED) is 0.427. The van der Waals surface area contributed by atoms with Crippen molar-refractivity contribution >= 4 is 17.5 Å². The second-order valence-corrected chi connectivity index (χ2v) is 4.72. The molecule has 0 N–H and O–H groups in total. The second kappa shape index (κ2) is 5.48. The molecule has 2 aliphatic heterocycles. The Morgan fingerprint density at radius 1 is 1.35 bits per heavy atom. The van der Waals surface area contributed by atoms with Gasteiger partial charge in [0, 0.05) is 13.3 Å². The average molecular weight is 280 g/mol. The maximum atomic E-state index is 12.3. The maximum Gasteiger partial charge on any atom is 0.303 e. The van der Waals surface area contributed by atoms with Crippen LogP contribution in [0.5, 0.6) is 0 Å². The van der Waals surface area contributed by atoms with E-state index >= 15 is 0 Å². The molecule has 0 spiro atoms. The summed E-state index contributed by atoms with van der Waals surface area (Å²) in [6, 6.07) is 0. The molecule has 0 amide bonds. The van der Waals surface area contributed by atoms with Crippen molar-refractivity contribution in [2.75, 3.05) is 0 Å². The van der Waals surface area contributed by atoms with Crippen LogP contribution in [0.1, 0.15) is 27.2 Å². The summed E-state index contributed by atoms with van der Waals surface area (Å²) in [4.78, 5) is 35.4. The van der Waals surface area contributed by atoms with Crippen molar-refractivity contribution in [3.8, 4) is 0 Å². The first-order chi connectivity index (χ1) is 9.43. The van der Waals surface area contributed by atoms with Gasteiger partial charge in [0.25, 0.3) is 5.95 Å². The fourth-order valence-electron chi connectivity index (χ4n) is 2.19. The Bertz CT molecular complexity index is 516. The summed E-state index contributed by atoms with van der Waals surface area (Å²) in [5.74, 6) is -1.59. The molecule has 20 heavy (non-hydrogen) atoms. The number of Topliss-reactive ketones (excluding diaryl/α,β-unsaturated/α-hetero) is 2. The van der Waals surface area contributed by atoms with Crippen molar-refractivity contribution in [1.29, 1.82) is 0 Å². The molecule has 0 aromatic carbocycles. The van der Waals surface area contributed by atoms with E-state index in [0.717, 1.165) is 0 Å². The van der Waals surface area contributed by atoms with E-state index in [1.807, 2.05) is 0 Å². The summed E-state index contributed by atoms with van der Waals surface area (Å²) in [7, 11) is 0. The van der Waals surface area contributed by atoms with Crippen LogP contribution in [0.2, 0.25) is 0 Å². The Morgan fingerprint density at radius 3 is 2.65 bits per heavy atom. The van der Waals surface area contributed by atoms with E-state index in [1.54, 1.807) is 26.0 Å². The highest BCUT2D eigenvalue weighted by Gasteiger charge is 2.46. The molecule has 0 saturated heterocycles. The molecule has 3 atom stereocenters. The SMILES string of the molecule is C/C=C/[C@@H]1OC2=C(C(=O)C[C@H](C)O2)C(=O)[C@H]1OC(C)=O. The highest BCUT2D eigenvalue weighted by molar-refractivity contribution is 6.23. The van der Waals surface area contributed by atoms with Crippen LogP contribution in [0, 0.1) is 0 Å². The highest BCUT2D eigenvalue weighted by Crippen LogP contribution is 2.31. The van der Waals surface area contributed by atoms with Gasteiger partial charge in [0.15, 0.2) is 11.9 Å². The van der Waals surface area contributed by atoms with Gasteiger partial charge in [-0.1, -0.05) is 6.08 Å². The van der Waals surface area contributed by atoms with E-state index < -0.39 is 24.0 Å². The van der Waals surface area contributed by atoms with Crippen molar-refractivity contribution in [1.82, 2.24) is 0 Å². The first-order valence-electron chi connectivity index (χ1n) is 6.39. The summed E-state index contributed by atoms with van der Waals surface area (Å²) in [5, 5.41) is 0. The van der Waals surface area contributed by atoms with Crippen molar-refractivity contribution in [3.05, 3.63) is 23.7 Å². The smallest absolute Gasteiger partial charge is 0.303 e. The van der Waals surface area contributed by atoms with Crippen molar-refractivity contribution < 1.29 is 28.6 Å². The first-order valence-corrected chi connectivity index (χ1v) is 6.39. The predicted octanol–water partition coefficient (Wildman–Crippen LogP) is 1.05. The van der Waals surface area contributed by atoms with Crippen LogP contribution in [0.4, 0.5) is 0 Å². The fourth-order valence-corrected chi connectivity index (χ4v) is 2.19. The molecule has 0 unspecified atom stereocenters. The van der Waals surface area contributed by atoms with Gasteiger partial charge >= 0.3 is 5.97 Å². The highest BCUT2D eigenvalue weighted by atomic mass is 16.7. The first kappa shape index (κ1) is 14.3. The van der Waals surface area contributed by atoms with Gasteiger partial charge in [-0.25, -0.2) is 0 Å². The fraction of sp³-hybridized carbons (Fsp3) is 0.500. The van der Waals surface area contributed by atoms with Gasteiger partial charge in [0.05, 0.1) is 0 Å². The number of ketones is 2. The number of rotatable bonds is 2. The van der Waals surface area contributed by atoms with Gasteiger partial charge in [0.2, 0.25) is 11.9 Å². The molecule has 2 rings (SSSR count). The number of allylic oxidation sites excluding steroid dienone is 1. The number of carbonyl (C=O) groups is 3. The van der Waals surface area contributed by atoms with Crippen LogP contribution in [0.25, 0.3) is 0 Å². The summed E-state index contributed by atoms with van der Waals surface area (Å²) in [6.07, 6.45) is 1.09. The van der Waals surface area contributed by atoms with Crippen molar-refractivity contribution in [2.24, 2.45) is 0 Å². The lowest BCUT2D eigenvalue weighted by Gasteiger charge is -2.34. The van der Waals surface area contributed by atoms with E-state index in [0.29, 0.717) is 0 Å². The molecule has 0 radical (unpaired) electrons. The van der Waals surface area contributed by atoms with Gasteiger partial charge in [-0.05, 0) is 19.9 Å². The predicted molar refractivity (Wildman–Crippen MR) is 67.4 cm³/mol. The van der Waals surface area contributed by atoms with Crippen LogP contribution in [0.15, 0.2) is 23.7 Å². The molecule has 0 aromatic rings. The van der Waals surface area contributed by atoms with Gasteiger partial charge in [-0.15, -0.1) is 0 Å². The molecule has 6 heteroatoms. The van der Waals surface area contributed by atoms with Crippen molar-refractivity contribution in [3.63, 3.8) is 0 Å². The van der Waals surface area contributed by atoms with E-state index in [9.17, 15) is 14.4 Å². The van der Waals surface area contributed by atoms with Gasteiger partial charge < -0.3 is 14.2 Å². The molecule has 108 valence electrons. The van der Waals surface area contributed by atoms with Crippen LogP contribution in [-0.2, 0) is 28.6 Å². The molecule has 2 heterocycles. The van der Waals surface area contributed by atoms with E-state index in [4.69, 9.17) is 14.2 Å². The Balaban J connectivity index is 2.39. The minimum absolute atomic E-state index is 0.0646. The molecular weight excluding hydrogens is 264 g/mol. The largest absolute Gasteiger partial charge is 0.461 e. The molecule has 2 aliphatic rings. The summed E-state index contributed by atoms with van der Waals surface area (Å²) < 4.78 is 15.9. The minimum atomic E-state index is -1.15. The standard InChI is InChI=1S/C14H16O6/c1-4-5-10-13(19-8(3)15)12(17)11-9(16)6-7(2)18-14(11)20-10/h4-5,7,10,13H,6H2,1-3H3/b5-4+/t7-,10-,13-/m0/s1. The Kier molecular flexibility index (Phi) is 3.92. The minimum Gasteiger partial charge on any atom is -0.461 e. The molecule has 0 fully saturated rings. The van der Waals surface area contributed by atoms with Gasteiger partial charge in [-0.2, -0.15) is 0 Å². The van der Waals surface area contributed by atoms with Gasteiger partial charge in [-0.3, -0.25) is 14.4 Å². The number of hydrogen-bond donors (Lipinski definition) is 0. The topological polar surface area (TPSA) is 78.9 Å². The number of ether oxygens (including phenoxy) is 3. The van der Waals surface area contributed by atoms with Crippen LogP contribution in [0.3, 0.4) is 0 Å². The zero-order valence-electron chi connectivity index (χ0n) is 11.5. The van der Waals surface area contributed by atoms with Gasteiger partial charge in [0.1, 0.15) is 11.7 Å². The van der Waals surface area contributed by atoms with E-state index in [1.165, 1.54) is 6.92 Å². The Labute approximate surface area is 116 Å². The Morgan fingerprint density at radius 2 is 2.05 bits per heavy atom. The third-order valence-electron chi connectivity index (χ3n) is 2.99. The van der Waals surface area contributed by atoms with Crippen molar-refractivity contribution in [2.45, 2.75) is 45.5 Å². The zero-order chi connectivity index (χ0) is 14.9. The zero-order valence-corrected chi connectivity index (χ0v) is 11.5. The third-order valence-corrected chi connectivity index (χ3v) is 2.99. The lowest BCUT2D eigenvalue weighted by atomic mass is 9.92. The monoisotopic (exact) mass is 280 g/mol. The summed E-state index contributed by atoms with van der Waals surface area (Å²) in [6.45, 7) is 4.67. The average Bonchev–Trinajstić information content (AvgIpc) is 2.32. The maximum absolute atomic E-state index is 12.3. The van der Waals surface area contributed by atoms with E-state index in [2.05, 4.69) is 0 Å². The molecule has 6 nitrogen and oxygen atoms in total. The lowest BCUT2D eigenvalue weighted by molar-refractivity contribution is -0.166. The summed E-state index contributed by atoms with van der Waals surface area (Å²) in [5.41, 5.74) is -0.143. The Hall–Kier alpha value is -2.11. The van der Waals surface area contributed by atoms with Crippen LogP contribution in [-0.4, -0.2) is 35.8 Å². The normalized spacial score (nSPS) is 29.9. The molecule has 0 aliphatic carbocycles. The van der Waals surface area contributed by atoms with Crippen LogP contribution < -0.4 is 0 Å². The number of esters is 1.